The summed E-state index contributed by atoms with van der Waals surface area (Å²) in [5.74, 6) is 2.72. The van der Waals surface area contributed by atoms with Gasteiger partial charge in [-0.2, -0.15) is 4.31 Å². The van der Waals surface area contributed by atoms with Gasteiger partial charge in [-0.25, -0.2) is 8.42 Å². The zero-order valence-corrected chi connectivity index (χ0v) is 20.0. The second-order valence-corrected chi connectivity index (χ2v) is 10.5. The molecule has 1 saturated heterocycles. The maximum absolute atomic E-state index is 12.9. The number of hydrogen-bond donors (Lipinski definition) is 1. The molecule has 1 N–H and O–H groups in total. The Hall–Kier alpha value is -2.35. The van der Waals surface area contributed by atoms with Gasteiger partial charge in [0.15, 0.2) is 0 Å². The Bertz CT molecular complexity index is 1080. The van der Waals surface area contributed by atoms with Crippen LogP contribution in [0.15, 0.2) is 38.8 Å². The van der Waals surface area contributed by atoms with Crippen LogP contribution in [0.1, 0.15) is 46.0 Å². The predicted octanol–water partition coefficient (Wildman–Crippen LogP) is 3.31. The number of aromatic nitrogens is 2. The van der Waals surface area contributed by atoms with Crippen molar-refractivity contribution in [1.29, 1.82) is 0 Å². The fourth-order valence-corrected chi connectivity index (χ4v) is 5.65. The van der Waals surface area contributed by atoms with Crippen LogP contribution in [0.25, 0.3) is 11.5 Å². The topological polar surface area (TPSA) is 105 Å². The van der Waals surface area contributed by atoms with E-state index in [-0.39, 0.29) is 27.7 Å². The molecule has 0 bridgehead atoms. The van der Waals surface area contributed by atoms with Crippen LogP contribution in [0.4, 0.5) is 0 Å². The van der Waals surface area contributed by atoms with E-state index in [1.807, 2.05) is 13.8 Å². The highest BCUT2D eigenvalue weighted by Gasteiger charge is 2.27. The first-order chi connectivity index (χ1) is 15.3. The summed E-state index contributed by atoms with van der Waals surface area (Å²) in [6, 6.07) is 6.49. The zero-order chi connectivity index (χ0) is 23.2. The quantitative estimate of drug-likeness (QED) is 0.437. The van der Waals surface area contributed by atoms with Gasteiger partial charge in [-0.3, -0.25) is 4.79 Å². The Morgan fingerprint density at radius 1 is 1.25 bits per heavy atom. The fraction of sp³-hybridized carbons (Fsp3) is 0.500. The molecule has 0 atom stereocenters. The lowest BCUT2D eigenvalue weighted by atomic mass is 9.94. The third-order valence-electron chi connectivity index (χ3n) is 5.63. The number of carbonyl (C=O) groups excluding carboxylic acids is 1. The van der Waals surface area contributed by atoms with E-state index in [1.165, 1.54) is 4.31 Å². The molecule has 172 valence electrons. The van der Waals surface area contributed by atoms with Gasteiger partial charge in [-0.05, 0) is 43.9 Å². The van der Waals surface area contributed by atoms with Crippen molar-refractivity contribution in [3.63, 3.8) is 0 Å². The third kappa shape index (κ3) is 5.52. The van der Waals surface area contributed by atoms with E-state index >= 15 is 0 Å². The monoisotopic (exact) mass is 476 g/mol. The van der Waals surface area contributed by atoms with Crippen LogP contribution >= 0.6 is 11.8 Å². The molecule has 1 aliphatic rings. The molecule has 0 aliphatic carbocycles. The van der Waals surface area contributed by atoms with E-state index in [4.69, 9.17) is 10.8 Å². The van der Waals surface area contributed by atoms with Gasteiger partial charge in [0.1, 0.15) is 5.54 Å². The van der Waals surface area contributed by atoms with Crippen molar-refractivity contribution < 1.29 is 17.6 Å². The van der Waals surface area contributed by atoms with Crippen molar-refractivity contribution in [2.24, 2.45) is 0 Å². The lowest BCUT2D eigenvalue weighted by molar-refractivity contribution is -0.119. The van der Waals surface area contributed by atoms with Crippen molar-refractivity contribution in [2.75, 3.05) is 18.8 Å². The minimum absolute atomic E-state index is 0.0778. The van der Waals surface area contributed by atoms with Gasteiger partial charge >= 0.3 is 0 Å². The molecule has 1 amide bonds. The van der Waals surface area contributed by atoms with Crippen molar-refractivity contribution in [3.8, 4) is 23.8 Å². The van der Waals surface area contributed by atoms with E-state index < -0.39 is 15.6 Å². The summed E-state index contributed by atoms with van der Waals surface area (Å²) in [7, 11) is -3.56. The first-order valence-corrected chi connectivity index (χ1v) is 13.1. The van der Waals surface area contributed by atoms with E-state index in [0.29, 0.717) is 31.5 Å². The zero-order valence-electron chi connectivity index (χ0n) is 18.3. The van der Waals surface area contributed by atoms with Crippen molar-refractivity contribution >= 4 is 27.7 Å². The minimum Gasteiger partial charge on any atom is -0.411 e. The standard InChI is InChI=1S/C22H28N4O4S2/c1-4-22(5-2,6-3)23-19(27)16-31-21-25-24-20(30-21)17-11-10-12-18(15-17)32(28,29)26-13-8-7-9-14-26/h1,10-12,15H,5-9,13-14,16H2,2-3H3,(H,23,27). The van der Waals surface area contributed by atoms with Crippen molar-refractivity contribution in [2.45, 2.75) is 61.6 Å². The molecule has 32 heavy (non-hydrogen) atoms. The van der Waals surface area contributed by atoms with Crippen LogP contribution in [0.2, 0.25) is 0 Å². The molecule has 2 heterocycles. The van der Waals surface area contributed by atoms with Gasteiger partial charge in [-0.15, -0.1) is 16.6 Å². The Labute approximate surface area is 193 Å². The van der Waals surface area contributed by atoms with E-state index in [0.717, 1.165) is 31.0 Å². The molecule has 1 fully saturated rings. The minimum atomic E-state index is -3.56. The second-order valence-electron chi connectivity index (χ2n) is 7.64. The summed E-state index contributed by atoms with van der Waals surface area (Å²) in [5.41, 5.74) is -0.145. The molecular formula is C22H28N4O4S2. The average Bonchev–Trinajstić information content (AvgIpc) is 3.31. The molecule has 0 radical (unpaired) electrons. The van der Waals surface area contributed by atoms with Gasteiger partial charge in [0, 0.05) is 18.7 Å². The summed E-state index contributed by atoms with van der Waals surface area (Å²) in [4.78, 5) is 12.5. The lowest BCUT2D eigenvalue weighted by Gasteiger charge is -2.26. The number of rotatable bonds is 9. The van der Waals surface area contributed by atoms with Crippen molar-refractivity contribution in [1.82, 2.24) is 19.8 Å². The summed E-state index contributed by atoms with van der Waals surface area (Å²) < 4.78 is 33.1. The Kier molecular flexibility index (Phi) is 7.98. The van der Waals surface area contributed by atoms with E-state index in [1.54, 1.807) is 24.3 Å². The number of terminal acetylenes is 1. The Balaban J connectivity index is 1.68. The SMILES string of the molecule is C#CC(CC)(CC)NC(=O)CSc1nnc(-c2cccc(S(=O)(=O)N3CCCCC3)c2)o1. The van der Waals surface area contributed by atoms with Crippen LogP contribution in [0.3, 0.4) is 0 Å². The summed E-state index contributed by atoms with van der Waals surface area (Å²) >= 11 is 1.10. The molecule has 1 aromatic heterocycles. The lowest BCUT2D eigenvalue weighted by Crippen LogP contribution is -2.47. The molecular weight excluding hydrogens is 448 g/mol. The van der Waals surface area contributed by atoms with Gasteiger partial charge in [-0.1, -0.05) is 44.0 Å². The first kappa shape index (κ1) is 24.3. The smallest absolute Gasteiger partial charge is 0.277 e. The number of amides is 1. The number of piperidine rings is 1. The number of hydrogen-bond acceptors (Lipinski definition) is 7. The number of nitrogens with one attached hydrogen (secondary N) is 1. The van der Waals surface area contributed by atoms with Crippen LogP contribution in [0, 0.1) is 12.3 Å². The van der Waals surface area contributed by atoms with Gasteiger partial charge in [0.25, 0.3) is 5.22 Å². The van der Waals surface area contributed by atoms with Gasteiger partial charge < -0.3 is 9.73 Å². The van der Waals surface area contributed by atoms with Crippen molar-refractivity contribution in [3.05, 3.63) is 24.3 Å². The first-order valence-electron chi connectivity index (χ1n) is 10.7. The molecule has 3 rings (SSSR count). The largest absolute Gasteiger partial charge is 0.411 e. The number of sulfonamides is 1. The highest BCUT2D eigenvalue weighted by atomic mass is 32.2. The summed E-state index contributed by atoms with van der Waals surface area (Å²) in [6.45, 7) is 4.93. The highest BCUT2D eigenvalue weighted by molar-refractivity contribution is 7.99. The molecule has 1 aromatic carbocycles. The molecule has 0 saturated carbocycles. The number of nitrogens with zero attached hydrogens (tertiary/aromatic N) is 3. The average molecular weight is 477 g/mol. The van der Waals surface area contributed by atoms with Crippen LogP contribution < -0.4 is 5.32 Å². The summed E-state index contributed by atoms with van der Waals surface area (Å²) in [5, 5.41) is 11.1. The number of thioether (sulfide) groups is 1. The van der Waals surface area contributed by atoms with Crippen LogP contribution in [-0.2, 0) is 14.8 Å². The highest BCUT2D eigenvalue weighted by Crippen LogP contribution is 2.27. The molecule has 0 spiro atoms. The number of carbonyl (C=O) groups is 1. The van der Waals surface area contributed by atoms with Crippen LogP contribution in [-0.4, -0.2) is 53.2 Å². The molecule has 10 heteroatoms. The maximum atomic E-state index is 12.9. The predicted molar refractivity (Wildman–Crippen MR) is 123 cm³/mol. The maximum Gasteiger partial charge on any atom is 0.277 e. The van der Waals surface area contributed by atoms with E-state index in [9.17, 15) is 13.2 Å². The molecule has 2 aromatic rings. The Morgan fingerprint density at radius 2 is 1.97 bits per heavy atom. The molecule has 1 aliphatic heterocycles. The fourth-order valence-electron chi connectivity index (χ4n) is 3.53. The third-order valence-corrected chi connectivity index (χ3v) is 8.34. The Morgan fingerprint density at radius 3 is 2.62 bits per heavy atom. The molecule has 0 unspecified atom stereocenters. The second kappa shape index (κ2) is 10.5. The molecule has 8 nitrogen and oxygen atoms in total. The number of benzene rings is 1. The summed E-state index contributed by atoms with van der Waals surface area (Å²) in [6.07, 6.45) is 9.65. The normalized spacial score (nSPS) is 15.3. The van der Waals surface area contributed by atoms with Gasteiger partial charge in [0.2, 0.25) is 21.8 Å². The van der Waals surface area contributed by atoms with E-state index in [2.05, 4.69) is 21.4 Å². The van der Waals surface area contributed by atoms with Crippen LogP contribution in [0.5, 0.6) is 0 Å². The van der Waals surface area contributed by atoms with Gasteiger partial charge in [0.05, 0.1) is 10.6 Å².